The van der Waals surface area contributed by atoms with E-state index in [9.17, 15) is 0 Å². The average molecular weight is 311 g/mol. The van der Waals surface area contributed by atoms with Crippen LogP contribution in [0.15, 0.2) is 33.3 Å². The molecule has 1 heterocycles. The fourth-order valence-electron chi connectivity index (χ4n) is 1.61. The molecule has 5 heteroatoms. The molecule has 4 nitrogen and oxygen atoms in total. The summed E-state index contributed by atoms with van der Waals surface area (Å²) in [5, 5.41) is 3.07. The van der Waals surface area contributed by atoms with Crippen molar-refractivity contribution in [2.45, 2.75) is 6.42 Å². The van der Waals surface area contributed by atoms with Crippen molar-refractivity contribution in [1.82, 2.24) is 10.3 Å². The third kappa shape index (κ3) is 2.91. The fraction of sp³-hybridized carbons (Fsp3) is 0.308. The van der Waals surface area contributed by atoms with Crippen LogP contribution in [-0.2, 0) is 6.42 Å². The standard InChI is InChI=1S/C13H15BrN2O2/c1-15-6-5-13-16-8-12(18-13)9-3-4-11(17-2)10(14)7-9/h3-4,7-8,15H,5-6H2,1-2H3. The molecule has 96 valence electrons. The first-order valence-electron chi connectivity index (χ1n) is 5.68. The lowest BCUT2D eigenvalue weighted by Crippen LogP contribution is -2.10. The van der Waals surface area contributed by atoms with Crippen LogP contribution in [0.1, 0.15) is 5.89 Å². The van der Waals surface area contributed by atoms with E-state index in [0.717, 1.165) is 40.4 Å². The normalized spacial score (nSPS) is 10.6. The van der Waals surface area contributed by atoms with E-state index < -0.39 is 0 Å². The minimum absolute atomic E-state index is 0.742. The van der Waals surface area contributed by atoms with Crippen molar-refractivity contribution in [3.8, 4) is 17.1 Å². The van der Waals surface area contributed by atoms with E-state index in [4.69, 9.17) is 9.15 Å². The Morgan fingerprint density at radius 1 is 1.44 bits per heavy atom. The molecule has 0 bridgehead atoms. The molecular weight excluding hydrogens is 296 g/mol. The summed E-state index contributed by atoms with van der Waals surface area (Å²) in [6.45, 7) is 0.853. The van der Waals surface area contributed by atoms with Gasteiger partial charge in [-0.05, 0) is 41.2 Å². The van der Waals surface area contributed by atoms with Crippen LogP contribution in [0.4, 0.5) is 0 Å². The Morgan fingerprint density at radius 3 is 2.94 bits per heavy atom. The molecule has 1 aromatic heterocycles. The van der Waals surface area contributed by atoms with Crippen molar-refractivity contribution in [2.75, 3.05) is 20.7 Å². The number of benzene rings is 1. The molecule has 1 N–H and O–H groups in total. The van der Waals surface area contributed by atoms with E-state index >= 15 is 0 Å². The number of hydrogen-bond acceptors (Lipinski definition) is 4. The first-order chi connectivity index (χ1) is 8.74. The maximum Gasteiger partial charge on any atom is 0.196 e. The molecule has 0 aliphatic carbocycles. The molecule has 0 amide bonds. The van der Waals surface area contributed by atoms with Crippen LogP contribution in [0.3, 0.4) is 0 Å². The predicted molar refractivity (Wildman–Crippen MR) is 73.8 cm³/mol. The molecule has 0 atom stereocenters. The summed E-state index contributed by atoms with van der Waals surface area (Å²) in [5.74, 6) is 2.31. The molecule has 18 heavy (non-hydrogen) atoms. The van der Waals surface area contributed by atoms with Gasteiger partial charge in [0.15, 0.2) is 11.7 Å². The summed E-state index contributed by atoms with van der Waals surface area (Å²) in [6.07, 6.45) is 2.53. The van der Waals surface area contributed by atoms with E-state index in [1.807, 2.05) is 25.2 Å². The minimum Gasteiger partial charge on any atom is -0.496 e. The number of nitrogens with one attached hydrogen (secondary N) is 1. The van der Waals surface area contributed by atoms with Crippen LogP contribution < -0.4 is 10.1 Å². The van der Waals surface area contributed by atoms with Gasteiger partial charge in [0, 0.05) is 18.5 Å². The third-order valence-electron chi connectivity index (χ3n) is 2.58. The second-order valence-electron chi connectivity index (χ2n) is 3.82. The summed E-state index contributed by atoms with van der Waals surface area (Å²) in [6, 6.07) is 5.81. The molecule has 0 fully saturated rings. The van der Waals surface area contributed by atoms with E-state index in [1.165, 1.54) is 0 Å². The number of nitrogens with zero attached hydrogens (tertiary/aromatic N) is 1. The van der Waals surface area contributed by atoms with Gasteiger partial charge in [0.2, 0.25) is 0 Å². The van der Waals surface area contributed by atoms with Crippen LogP contribution in [0.5, 0.6) is 5.75 Å². The van der Waals surface area contributed by atoms with Crippen molar-refractivity contribution >= 4 is 15.9 Å². The van der Waals surface area contributed by atoms with Crippen LogP contribution in [-0.4, -0.2) is 25.7 Å². The maximum absolute atomic E-state index is 5.69. The van der Waals surface area contributed by atoms with Gasteiger partial charge in [0.25, 0.3) is 0 Å². The van der Waals surface area contributed by atoms with E-state index in [2.05, 4.69) is 26.2 Å². The van der Waals surface area contributed by atoms with Gasteiger partial charge in [-0.25, -0.2) is 4.98 Å². The zero-order valence-electron chi connectivity index (χ0n) is 10.4. The number of halogens is 1. The molecule has 1 aromatic carbocycles. The molecule has 0 spiro atoms. The van der Waals surface area contributed by atoms with Crippen LogP contribution in [0.2, 0.25) is 0 Å². The lowest BCUT2D eigenvalue weighted by molar-refractivity contribution is 0.412. The highest BCUT2D eigenvalue weighted by atomic mass is 79.9. The van der Waals surface area contributed by atoms with Crippen molar-refractivity contribution < 1.29 is 9.15 Å². The number of hydrogen-bond donors (Lipinski definition) is 1. The van der Waals surface area contributed by atoms with Gasteiger partial charge in [-0.1, -0.05) is 0 Å². The summed E-state index contributed by atoms with van der Waals surface area (Å²) in [4.78, 5) is 4.25. The first-order valence-corrected chi connectivity index (χ1v) is 6.47. The van der Waals surface area contributed by atoms with E-state index in [-0.39, 0.29) is 0 Å². The Bertz CT molecular complexity index is 525. The van der Waals surface area contributed by atoms with Crippen molar-refractivity contribution in [3.05, 3.63) is 34.8 Å². The van der Waals surface area contributed by atoms with Gasteiger partial charge in [0.1, 0.15) is 5.75 Å². The highest BCUT2D eigenvalue weighted by Gasteiger charge is 2.08. The van der Waals surface area contributed by atoms with E-state index in [0.29, 0.717) is 0 Å². The van der Waals surface area contributed by atoms with Crippen molar-refractivity contribution in [1.29, 1.82) is 0 Å². The minimum atomic E-state index is 0.742. The monoisotopic (exact) mass is 310 g/mol. The van der Waals surface area contributed by atoms with Gasteiger partial charge < -0.3 is 14.5 Å². The highest BCUT2D eigenvalue weighted by Crippen LogP contribution is 2.30. The molecule has 2 rings (SSSR count). The first kappa shape index (κ1) is 13.1. The molecule has 0 aliphatic heterocycles. The molecular formula is C13H15BrN2O2. The second-order valence-corrected chi connectivity index (χ2v) is 4.68. The quantitative estimate of drug-likeness (QED) is 0.922. The Morgan fingerprint density at radius 2 is 2.28 bits per heavy atom. The van der Waals surface area contributed by atoms with Gasteiger partial charge in [0.05, 0.1) is 17.8 Å². The number of ether oxygens (including phenoxy) is 1. The van der Waals surface area contributed by atoms with Gasteiger partial charge in [-0.2, -0.15) is 0 Å². The Hall–Kier alpha value is -1.33. The number of methoxy groups -OCH3 is 1. The SMILES string of the molecule is CNCCc1ncc(-c2ccc(OC)c(Br)c2)o1. The maximum atomic E-state index is 5.69. The number of rotatable bonds is 5. The number of oxazole rings is 1. The number of aromatic nitrogens is 1. The van der Waals surface area contributed by atoms with Gasteiger partial charge in [-0.15, -0.1) is 0 Å². The van der Waals surface area contributed by atoms with Crippen molar-refractivity contribution in [3.63, 3.8) is 0 Å². The zero-order chi connectivity index (χ0) is 13.0. The van der Waals surface area contributed by atoms with Crippen LogP contribution >= 0.6 is 15.9 Å². The highest BCUT2D eigenvalue weighted by molar-refractivity contribution is 9.10. The van der Waals surface area contributed by atoms with Gasteiger partial charge in [-0.3, -0.25) is 0 Å². The van der Waals surface area contributed by atoms with E-state index in [1.54, 1.807) is 13.3 Å². The second kappa shape index (κ2) is 6.02. The van der Waals surface area contributed by atoms with Crippen LogP contribution in [0.25, 0.3) is 11.3 Å². The average Bonchev–Trinajstić information content (AvgIpc) is 2.85. The predicted octanol–water partition coefficient (Wildman–Crippen LogP) is 2.87. The Labute approximate surface area is 114 Å². The summed E-state index contributed by atoms with van der Waals surface area (Å²) in [7, 11) is 3.55. The summed E-state index contributed by atoms with van der Waals surface area (Å²) < 4.78 is 11.8. The topological polar surface area (TPSA) is 47.3 Å². The fourth-order valence-corrected chi connectivity index (χ4v) is 2.15. The summed E-state index contributed by atoms with van der Waals surface area (Å²) in [5.41, 5.74) is 0.978. The lowest BCUT2D eigenvalue weighted by Gasteiger charge is -2.04. The third-order valence-corrected chi connectivity index (χ3v) is 3.20. The van der Waals surface area contributed by atoms with Crippen molar-refractivity contribution in [2.24, 2.45) is 0 Å². The van der Waals surface area contributed by atoms with Crippen LogP contribution in [0, 0.1) is 0 Å². The largest absolute Gasteiger partial charge is 0.496 e. The lowest BCUT2D eigenvalue weighted by atomic mass is 10.2. The molecule has 0 saturated carbocycles. The summed E-state index contributed by atoms with van der Waals surface area (Å²) >= 11 is 3.46. The number of likely N-dealkylation sites (N-methyl/N-ethyl adjacent to an activating group) is 1. The zero-order valence-corrected chi connectivity index (χ0v) is 12.0. The molecule has 0 aliphatic rings. The Kier molecular flexibility index (Phi) is 4.38. The molecule has 0 radical (unpaired) electrons. The Balaban J connectivity index is 2.20. The molecule has 2 aromatic rings. The van der Waals surface area contributed by atoms with Gasteiger partial charge >= 0.3 is 0 Å². The molecule has 0 unspecified atom stereocenters. The smallest absolute Gasteiger partial charge is 0.196 e. The molecule has 0 saturated heterocycles.